The van der Waals surface area contributed by atoms with E-state index >= 15 is 0 Å². The first-order chi connectivity index (χ1) is 8.96. The van der Waals surface area contributed by atoms with Gasteiger partial charge in [0.15, 0.2) is 9.84 Å². The van der Waals surface area contributed by atoms with Crippen LogP contribution in [0.2, 0.25) is 5.02 Å². The van der Waals surface area contributed by atoms with E-state index in [0.717, 1.165) is 5.56 Å². The van der Waals surface area contributed by atoms with Crippen LogP contribution in [-0.4, -0.2) is 20.1 Å². The van der Waals surface area contributed by atoms with Crippen molar-refractivity contribution in [1.82, 2.24) is 5.32 Å². The largest absolute Gasteiger partial charge is 0.352 e. The van der Waals surface area contributed by atoms with Gasteiger partial charge in [0.05, 0.1) is 5.75 Å². The van der Waals surface area contributed by atoms with Crippen molar-refractivity contribution in [1.29, 1.82) is 0 Å². The maximum Gasteiger partial charge on any atom is 0.220 e. The van der Waals surface area contributed by atoms with Crippen LogP contribution < -0.4 is 5.32 Å². The zero-order valence-electron chi connectivity index (χ0n) is 10.2. The van der Waals surface area contributed by atoms with Gasteiger partial charge in [0.1, 0.15) is 0 Å². The van der Waals surface area contributed by atoms with Crippen LogP contribution in [0, 0.1) is 5.92 Å². The number of hydrogen-bond donors (Lipinski definition) is 1. The molecule has 1 heterocycles. The molecule has 0 unspecified atom stereocenters. The smallest absolute Gasteiger partial charge is 0.220 e. The molecule has 1 amide bonds. The molecule has 0 bridgehead atoms. The van der Waals surface area contributed by atoms with E-state index in [1.54, 1.807) is 12.1 Å². The van der Waals surface area contributed by atoms with Gasteiger partial charge in [0, 0.05) is 29.3 Å². The van der Waals surface area contributed by atoms with Crippen molar-refractivity contribution < 1.29 is 13.2 Å². The molecule has 0 aromatic heterocycles. The van der Waals surface area contributed by atoms with E-state index in [1.807, 2.05) is 18.2 Å². The quantitative estimate of drug-likeness (QED) is 0.923. The van der Waals surface area contributed by atoms with Gasteiger partial charge in [0.2, 0.25) is 5.91 Å². The maximum absolute atomic E-state index is 11.7. The lowest BCUT2D eigenvalue weighted by Gasteiger charge is -2.09. The predicted molar refractivity (Wildman–Crippen MR) is 74.3 cm³/mol. The molecule has 1 aromatic carbocycles. The molecule has 1 atom stereocenters. The van der Waals surface area contributed by atoms with Crippen LogP contribution in [0.15, 0.2) is 35.7 Å². The number of carbonyl (C=O) groups is 1. The molecule has 6 heteroatoms. The fourth-order valence-electron chi connectivity index (χ4n) is 1.91. The highest BCUT2D eigenvalue weighted by atomic mass is 35.5. The van der Waals surface area contributed by atoms with Crippen LogP contribution in [0.3, 0.4) is 0 Å². The molecule has 4 nitrogen and oxygen atoms in total. The third kappa shape index (κ3) is 4.08. The van der Waals surface area contributed by atoms with E-state index in [1.165, 1.54) is 5.41 Å². The second-order valence-electron chi connectivity index (χ2n) is 4.49. The zero-order chi connectivity index (χ0) is 13.9. The Hall–Kier alpha value is -1.33. The molecule has 19 heavy (non-hydrogen) atoms. The van der Waals surface area contributed by atoms with Gasteiger partial charge in [-0.15, -0.1) is 0 Å². The van der Waals surface area contributed by atoms with Crippen molar-refractivity contribution >= 4 is 27.3 Å². The molecular formula is C13H14ClNO3S. The van der Waals surface area contributed by atoms with Gasteiger partial charge < -0.3 is 5.32 Å². The number of hydrogen-bond acceptors (Lipinski definition) is 3. The molecule has 1 aliphatic rings. The summed E-state index contributed by atoms with van der Waals surface area (Å²) in [4.78, 5) is 11.7. The number of carbonyl (C=O) groups excluding carboxylic acids is 1. The molecule has 0 radical (unpaired) electrons. The minimum atomic E-state index is -3.10. The highest BCUT2D eigenvalue weighted by Crippen LogP contribution is 2.18. The molecule has 1 aromatic rings. The molecule has 0 fully saturated rings. The minimum Gasteiger partial charge on any atom is -0.352 e. The molecule has 102 valence electrons. The first kappa shape index (κ1) is 14.1. The summed E-state index contributed by atoms with van der Waals surface area (Å²) < 4.78 is 22.4. The van der Waals surface area contributed by atoms with Crippen LogP contribution in [0.1, 0.15) is 12.0 Å². The van der Waals surface area contributed by atoms with Crippen LogP contribution in [0.25, 0.3) is 0 Å². The Kier molecular flexibility index (Phi) is 4.27. The van der Waals surface area contributed by atoms with E-state index in [4.69, 9.17) is 11.6 Å². The lowest BCUT2D eigenvalue weighted by molar-refractivity contribution is -0.121. The fraction of sp³-hybridized carbons (Fsp3) is 0.308. The SMILES string of the molecule is O=C(C[C@H]1C=CS(=O)(=O)C1)NCc1ccccc1Cl. The third-order valence-corrected chi connectivity index (χ3v) is 4.72. The summed E-state index contributed by atoms with van der Waals surface area (Å²) in [6.45, 7) is 0.349. The predicted octanol–water partition coefficient (Wildman–Crippen LogP) is 1.90. The normalized spacial score (nSPS) is 20.4. The van der Waals surface area contributed by atoms with Crippen molar-refractivity contribution in [3.05, 3.63) is 46.3 Å². The summed E-state index contributed by atoms with van der Waals surface area (Å²) in [5.41, 5.74) is 0.840. The van der Waals surface area contributed by atoms with Crippen molar-refractivity contribution in [3.63, 3.8) is 0 Å². The standard InChI is InChI=1S/C13H14ClNO3S/c14-12-4-2-1-3-11(12)8-15-13(16)7-10-5-6-19(17,18)9-10/h1-6,10H,7-9H2,(H,15,16)/t10-/m1/s1. The van der Waals surface area contributed by atoms with Gasteiger partial charge >= 0.3 is 0 Å². The minimum absolute atomic E-state index is 0.0204. The number of allylic oxidation sites excluding steroid dienone is 1. The number of benzene rings is 1. The average Bonchev–Trinajstić information content (AvgIpc) is 2.67. The van der Waals surface area contributed by atoms with Gasteiger partial charge in [-0.3, -0.25) is 4.79 Å². The van der Waals surface area contributed by atoms with Crippen molar-refractivity contribution in [2.75, 3.05) is 5.75 Å². The van der Waals surface area contributed by atoms with Crippen molar-refractivity contribution in [2.24, 2.45) is 5.92 Å². The fourth-order valence-corrected chi connectivity index (χ4v) is 3.51. The van der Waals surface area contributed by atoms with Crippen LogP contribution in [-0.2, 0) is 21.2 Å². The second kappa shape index (κ2) is 5.75. The highest BCUT2D eigenvalue weighted by molar-refractivity contribution is 7.94. The molecule has 0 spiro atoms. The highest BCUT2D eigenvalue weighted by Gasteiger charge is 2.23. The molecule has 1 N–H and O–H groups in total. The molecule has 0 aliphatic carbocycles. The Bertz CT molecular complexity index is 610. The van der Waals surface area contributed by atoms with E-state index in [9.17, 15) is 13.2 Å². The Balaban J connectivity index is 1.83. The van der Waals surface area contributed by atoms with Gasteiger partial charge in [-0.2, -0.15) is 0 Å². The molecule has 0 saturated carbocycles. The Morgan fingerprint density at radius 2 is 2.11 bits per heavy atom. The summed E-state index contributed by atoms with van der Waals surface area (Å²) in [6, 6.07) is 7.26. The monoisotopic (exact) mass is 299 g/mol. The van der Waals surface area contributed by atoms with Crippen LogP contribution in [0.4, 0.5) is 0 Å². The summed E-state index contributed by atoms with van der Waals surface area (Å²) in [6.07, 6.45) is 1.75. The lowest BCUT2D eigenvalue weighted by atomic mass is 10.1. The van der Waals surface area contributed by atoms with E-state index in [-0.39, 0.29) is 24.0 Å². The van der Waals surface area contributed by atoms with Gasteiger partial charge in [-0.1, -0.05) is 35.9 Å². The zero-order valence-corrected chi connectivity index (χ0v) is 11.7. The summed E-state index contributed by atoms with van der Waals surface area (Å²) >= 11 is 5.97. The van der Waals surface area contributed by atoms with Crippen molar-refractivity contribution in [3.8, 4) is 0 Å². The second-order valence-corrected chi connectivity index (χ2v) is 6.83. The number of sulfone groups is 1. The molecule has 2 rings (SSSR count). The third-order valence-electron chi connectivity index (χ3n) is 2.89. The van der Waals surface area contributed by atoms with E-state index in [2.05, 4.69) is 5.32 Å². The summed E-state index contributed by atoms with van der Waals surface area (Å²) in [5.74, 6) is -0.380. The van der Waals surface area contributed by atoms with E-state index < -0.39 is 9.84 Å². The van der Waals surface area contributed by atoms with Gasteiger partial charge in [-0.25, -0.2) is 8.42 Å². The maximum atomic E-state index is 11.7. The summed E-state index contributed by atoms with van der Waals surface area (Å²) in [7, 11) is -3.10. The Labute approximate surface area is 117 Å². The van der Waals surface area contributed by atoms with Crippen LogP contribution in [0.5, 0.6) is 0 Å². The Morgan fingerprint density at radius 3 is 2.74 bits per heavy atom. The number of nitrogens with one attached hydrogen (secondary N) is 1. The van der Waals surface area contributed by atoms with E-state index in [0.29, 0.717) is 11.6 Å². The number of halogens is 1. The molecule has 0 saturated heterocycles. The Morgan fingerprint density at radius 1 is 1.37 bits per heavy atom. The van der Waals surface area contributed by atoms with Gasteiger partial charge in [-0.05, 0) is 11.6 Å². The first-order valence-corrected chi connectivity index (χ1v) is 7.97. The van der Waals surface area contributed by atoms with Crippen LogP contribution >= 0.6 is 11.6 Å². The topological polar surface area (TPSA) is 63.2 Å². The summed E-state index contributed by atoms with van der Waals surface area (Å²) in [5, 5.41) is 4.52. The lowest BCUT2D eigenvalue weighted by Crippen LogP contribution is -2.25. The molecular weight excluding hydrogens is 286 g/mol. The first-order valence-electron chi connectivity index (χ1n) is 5.87. The average molecular weight is 300 g/mol. The van der Waals surface area contributed by atoms with Crippen molar-refractivity contribution in [2.45, 2.75) is 13.0 Å². The number of amides is 1. The number of rotatable bonds is 4. The molecule has 1 aliphatic heterocycles. The van der Waals surface area contributed by atoms with Gasteiger partial charge in [0.25, 0.3) is 0 Å².